The molecule has 0 bridgehead atoms. The van der Waals surface area contributed by atoms with Crippen molar-refractivity contribution in [1.82, 2.24) is 0 Å². The number of hydrogen-bond acceptors (Lipinski definition) is 0. The zero-order valence-corrected chi connectivity index (χ0v) is 88.5. The highest BCUT2D eigenvalue weighted by atomic mass is 19.4. The number of halogens is 3. The lowest BCUT2D eigenvalue weighted by Crippen LogP contribution is -2.34. The lowest BCUT2D eigenvalue weighted by molar-refractivity contribution is -0.211. The summed E-state index contributed by atoms with van der Waals surface area (Å²) in [6.07, 6.45) is 5.62. The van der Waals surface area contributed by atoms with Crippen LogP contribution in [0.15, 0.2) is 188 Å². The van der Waals surface area contributed by atoms with Gasteiger partial charge in [-0.15, -0.1) is 0 Å². The molecule has 128 heavy (non-hydrogen) atoms. The van der Waals surface area contributed by atoms with Crippen LogP contribution < -0.4 is 0 Å². The minimum absolute atomic E-state index is 0. The van der Waals surface area contributed by atoms with Crippen LogP contribution in [0.2, 0.25) is 0 Å². The third-order valence-corrected chi connectivity index (χ3v) is 23.6. The molecule has 0 heterocycles. The summed E-state index contributed by atoms with van der Waals surface area (Å²) in [6.45, 7) is 96.1. The average molecular weight is 1770 g/mol. The fourth-order valence-electron chi connectivity index (χ4n) is 16.9. The quantitative estimate of drug-likeness (QED) is 0.0803. The highest BCUT2D eigenvalue weighted by Crippen LogP contribution is 2.45. The van der Waals surface area contributed by atoms with Crippen LogP contribution in [-0.2, 0) is 68.0 Å². The van der Waals surface area contributed by atoms with Crippen molar-refractivity contribution in [2.45, 2.75) is 489 Å². The number of rotatable bonds is 18. The zero-order valence-electron chi connectivity index (χ0n) is 91.5. The lowest BCUT2D eigenvalue weighted by Gasteiger charge is -2.32. The van der Waals surface area contributed by atoms with Gasteiger partial charge in [-0.2, -0.15) is 13.2 Å². The average Bonchev–Trinajstić information content (AvgIpc) is 0.746. The summed E-state index contributed by atoms with van der Waals surface area (Å²) in [5.41, 5.74) is 22.8. The van der Waals surface area contributed by atoms with Gasteiger partial charge in [0.05, 0.1) is 5.41 Å². The normalized spacial score (nSPS) is 12.8. The number of hydrogen-bond donors (Lipinski definition) is 0. The van der Waals surface area contributed by atoms with E-state index in [0.29, 0.717) is 11.3 Å². The molecule has 0 radical (unpaired) electrons. The van der Waals surface area contributed by atoms with Crippen molar-refractivity contribution in [3.63, 3.8) is 0 Å². The molecule has 8 aromatic carbocycles. The molecule has 0 N–H and O–H groups in total. The predicted octanol–water partition coefficient (Wildman–Crippen LogP) is 41.4. The summed E-state index contributed by atoms with van der Waals surface area (Å²) in [6, 6.07) is 66.2. The summed E-state index contributed by atoms with van der Waals surface area (Å²) in [7, 11) is 0. The highest BCUT2D eigenvalue weighted by molar-refractivity contribution is 5.45. The Labute approximate surface area is 801 Å². The van der Waals surface area contributed by atoms with Crippen molar-refractivity contribution in [3.05, 3.63) is 283 Å². The number of benzene rings is 8. The predicted molar refractivity (Wildman–Crippen MR) is 579 cm³/mol. The molecule has 3 heteroatoms. The van der Waals surface area contributed by atoms with Gasteiger partial charge in [0.15, 0.2) is 0 Å². The van der Waals surface area contributed by atoms with Gasteiger partial charge in [0.2, 0.25) is 0 Å². The first-order chi connectivity index (χ1) is 57.7. The Bertz CT molecular complexity index is 4390. The topological polar surface area (TPSA) is 0 Å². The second kappa shape index (κ2) is 55.3. The van der Waals surface area contributed by atoms with E-state index >= 15 is 0 Å². The van der Waals surface area contributed by atoms with E-state index in [9.17, 15) is 13.2 Å². The summed E-state index contributed by atoms with van der Waals surface area (Å²) in [4.78, 5) is 0. The maximum atomic E-state index is 12.9. The van der Waals surface area contributed by atoms with Crippen molar-refractivity contribution in [3.8, 4) is 0 Å². The Morgan fingerprint density at radius 3 is 0.727 bits per heavy atom. The molecule has 0 saturated carbocycles. The van der Waals surface area contributed by atoms with E-state index in [4.69, 9.17) is 4.11 Å². The molecule has 0 saturated heterocycles. The van der Waals surface area contributed by atoms with Crippen LogP contribution in [0.4, 0.5) is 13.2 Å². The first-order valence-electron chi connectivity index (χ1n) is 49.5. The van der Waals surface area contributed by atoms with Gasteiger partial charge in [0, 0.05) is 4.11 Å². The fourth-order valence-corrected chi connectivity index (χ4v) is 16.9. The standard InChI is InChI=1S/C20H34.C15H21F3.3C15H24.2C14H22.C13H20.4CH4/c1-8-15(9-2)17-13-12-14-18(16(10-3)11-4)19(17)20(5,6)7;1-13(2,3)12-9-7-6-8-11(12)10-14(4,5)15(16,17)18;1-14(2,3)11-12-9-7-8-10-13(12)15(4,5)6;2*1-6-12(7-2)13-10-8-9-11-14(13)15(3,4)5;1-13(2,3)11-9-7-8-10-12(11)14(4,5)6;1-11(2)10-12-8-6-7-9-13(12)14(3,4)5;1-10(2)11-8-6-7-9-12(11)13(3,4)5;;;;/h12-16H,8-11H2,1-7H3;6-9H,10H2,1-5H3;7-10H,11H2,1-6H3;2*8-12H,6-7H2,1-5H3;7-10H,1-6H3;6-9,11H,10H2,1-5H3;6-10H,1-5H3;4*1H4/i15D,16D;;;12D;;;;;;;;. The monoisotopic (exact) mass is 1770 g/mol. The molecule has 0 unspecified atom stereocenters. The van der Waals surface area contributed by atoms with Crippen LogP contribution in [0.3, 0.4) is 0 Å². The van der Waals surface area contributed by atoms with Crippen LogP contribution in [0.5, 0.6) is 0 Å². The molecule has 0 aliphatic heterocycles. The van der Waals surface area contributed by atoms with E-state index in [1.54, 1.807) is 17.7 Å². The Hall–Kier alpha value is -6.45. The summed E-state index contributed by atoms with van der Waals surface area (Å²) in [5, 5.41) is 0. The maximum absolute atomic E-state index is 12.9. The second-order valence-corrected chi connectivity index (χ2v) is 46.7. The van der Waals surface area contributed by atoms with Crippen LogP contribution >= 0.6 is 0 Å². The zero-order chi connectivity index (χ0) is 98.7. The first-order valence-corrected chi connectivity index (χ1v) is 48.0. The van der Waals surface area contributed by atoms with E-state index in [-0.39, 0.29) is 84.9 Å². The van der Waals surface area contributed by atoms with Gasteiger partial charge < -0.3 is 0 Å². The molecule has 8 aromatic rings. The van der Waals surface area contributed by atoms with Crippen LogP contribution in [0, 0.1) is 16.7 Å². The van der Waals surface area contributed by atoms with Crippen LogP contribution in [0.1, 0.15) is 514 Å². The van der Waals surface area contributed by atoms with Gasteiger partial charge in [0.1, 0.15) is 0 Å². The van der Waals surface area contributed by atoms with Crippen molar-refractivity contribution >= 4 is 0 Å². The Kier molecular flexibility index (Phi) is 52.5. The SMILES string of the molecule is C.C.C.C.CC(C)(C)Cc1ccccc1C(C)(C)C.CC(C)(C)c1ccccc1C(C)(C)C.CC(C)(C)c1ccccc1CC(C)(C)C(F)(F)F.CC(C)Cc1ccccc1C(C)(C)C.CC(C)c1ccccc1C(C)(C)C.CCC(CC)c1ccccc1C(C)(C)C.[2H]C(CC)(CC)c1cccc(C([2H])(CC)CC)c1C(C)(C)C.[2H]C(CC)(CC)c1ccccc1C(C)(C)C. The Morgan fingerprint density at radius 1 is 0.242 bits per heavy atom. The van der Waals surface area contributed by atoms with Crippen LogP contribution in [0.25, 0.3) is 0 Å². The van der Waals surface area contributed by atoms with E-state index in [2.05, 4.69) is 434 Å². The molecule has 0 aliphatic carbocycles. The van der Waals surface area contributed by atoms with Gasteiger partial charge >= 0.3 is 6.18 Å². The van der Waals surface area contributed by atoms with E-state index < -0.39 is 29.3 Å². The largest absolute Gasteiger partial charge is 0.394 e. The van der Waals surface area contributed by atoms with Gasteiger partial charge in [-0.25, -0.2) is 0 Å². The second-order valence-electron chi connectivity index (χ2n) is 46.7. The molecule has 8 rings (SSSR count). The molecule has 0 aliphatic rings. The number of alkyl halides is 3. The first kappa shape index (κ1) is 122. The minimum atomic E-state index is -4.18. The van der Waals surface area contributed by atoms with Crippen molar-refractivity contribution in [2.75, 3.05) is 0 Å². The molecule has 728 valence electrons. The van der Waals surface area contributed by atoms with Gasteiger partial charge in [-0.05, 0) is 255 Å². The lowest BCUT2D eigenvalue weighted by atomic mass is 9.73. The molecule has 0 amide bonds. The van der Waals surface area contributed by atoms with Gasteiger partial charge in [0.25, 0.3) is 0 Å². The van der Waals surface area contributed by atoms with Gasteiger partial charge in [-0.1, -0.05) is 522 Å². The summed E-state index contributed by atoms with van der Waals surface area (Å²) >= 11 is 0. The molecule has 0 aromatic heterocycles. The maximum Gasteiger partial charge on any atom is 0.394 e. The Morgan fingerprint density at radius 2 is 0.469 bits per heavy atom. The highest BCUT2D eigenvalue weighted by Gasteiger charge is 2.47. The van der Waals surface area contributed by atoms with Crippen molar-refractivity contribution in [1.29, 1.82) is 0 Å². The molecule has 0 atom stereocenters. The van der Waals surface area contributed by atoms with Gasteiger partial charge in [-0.3, -0.25) is 0 Å². The van der Waals surface area contributed by atoms with E-state index in [1.807, 2.05) is 32.9 Å². The van der Waals surface area contributed by atoms with E-state index in [1.165, 1.54) is 99.9 Å². The minimum Gasteiger partial charge on any atom is -0.171 e. The molecular weight excluding hydrogens is 1560 g/mol. The van der Waals surface area contributed by atoms with Crippen molar-refractivity contribution in [2.24, 2.45) is 16.7 Å². The van der Waals surface area contributed by atoms with E-state index in [0.717, 1.165) is 79.0 Å². The molecule has 0 fully saturated rings. The molecule has 0 nitrogen and oxygen atoms in total. The molecule has 0 spiro atoms. The van der Waals surface area contributed by atoms with Crippen molar-refractivity contribution < 1.29 is 17.3 Å². The Balaban J connectivity index is -0.000000704. The third-order valence-electron chi connectivity index (χ3n) is 23.6. The third kappa shape index (κ3) is 43.1. The van der Waals surface area contributed by atoms with Crippen LogP contribution in [-0.4, -0.2) is 6.18 Å². The summed E-state index contributed by atoms with van der Waals surface area (Å²) in [5.74, 6) is 0.542. The fraction of sp³-hybridized carbons (Fsp3) is 0.616. The smallest absolute Gasteiger partial charge is 0.171 e. The molecular formula is C125H207F3. The summed E-state index contributed by atoms with van der Waals surface area (Å²) < 4.78 is 65.3.